The molecule has 0 saturated heterocycles. The summed E-state index contributed by atoms with van der Waals surface area (Å²) in [4.78, 5) is 24.1. The quantitative estimate of drug-likeness (QED) is 0.730. The fourth-order valence-corrected chi connectivity index (χ4v) is 2.23. The Bertz CT molecular complexity index is 275. The van der Waals surface area contributed by atoms with Crippen LogP contribution < -0.4 is 0 Å². The highest BCUT2D eigenvalue weighted by Crippen LogP contribution is 2.42. The summed E-state index contributed by atoms with van der Waals surface area (Å²) in [5.74, 6) is -1.80. The molecule has 0 N–H and O–H groups in total. The monoisotopic (exact) mass is 258 g/mol. The van der Waals surface area contributed by atoms with E-state index in [4.69, 9.17) is 9.47 Å². The minimum absolute atomic E-state index is 0.368. The average molecular weight is 258 g/mol. The van der Waals surface area contributed by atoms with Crippen molar-refractivity contribution >= 4 is 11.9 Å². The van der Waals surface area contributed by atoms with E-state index in [1.165, 1.54) is 14.2 Å². The highest BCUT2D eigenvalue weighted by molar-refractivity contribution is 5.83. The predicted molar refractivity (Wildman–Crippen MR) is 69.9 cm³/mol. The summed E-state index contributed by atoms with van der Waals surface area (Å²) in [6, 6.07) is 0. The number of carbonyl (C=O) groups is 2. The second-order valence-electron chi connectivity index (χ2n) is 6.73. The molecule has 0 aromatic heterocycles. The Morgan fingerprint density at radius 1 is 0.722 bits per heavy atom. The van der Waals surface area contributed by atoms with Crippen molar-refractivity contribution in [1.82, 2.24) is 0 Å². The number of esters is 2. The Morgan fingerprint density at radius 3 is 1.06 bits per heavy atom. The fraction of sp³-hybridized carbons (Fsp3) is 0.857. The van der Waals surface area contributed by atoms with E-state index in [2.05, 4.69) is 0 Å². The third-order valence-corrected chi connectivity index (χ3v) is 3.11. The van der Waals surface area contributed by atoms with Gasteiger partial charge < -0.3 is 9.47 Å². The maximum atomic E-state index is 12.0. The second kappa shape index (κ2) is 5.72. The van der Waals surface area contributed by atoms with Crippen LogP contribution in [0.15, 0.2) is 0 Å². The van der Waals surface area contributed by atoms with Crippen molar-refractivity contribution < 1.29 is 19.1 Å². The van der Waals surface area contributed by atoms with Crippen LogP contribution in [0.5, 0.6) is 0 Å². The van der Waals surface area contributed by atoms with Crippen molar-refractivity contribution in [3.8, 4) is 0 Å². The van der Waals surface area contributed by atoms with Gasteiger partial charge in [0.25, 0.3) is 0 Å². The van der Waals surface area contributed by atoms with Gasteiger partial charge in [0.15, 0.2) is 0 Å². The molecule has 0 rings (SSSR count). The van der Waals surface area contributed by atoms with Crippen LogP contribution >= 0.6 is 0 Å². The van der Waals surface area contributed by atoms with Gasteiger partial charge in [0.1, 0.15) is 0 Å². The van der Waals surface area contributed by atoms with Crippen LogP contribution in [-0.4, -0.2) is 26.2 Å². The van der Waals surface area contributed by atoms with Crippen LogP contribution in [0.2, 0.25) is 0 Å². The molecule has 4 nitrogen and oxygen atoms in total. The maximum Gasteiger partial charge on any atom is 0.310 e. The molecule has 0 amide bonds. The van der Waals surface area contributed by atoms with Crippen molar-refractivity contribution in [3.05, 3.63) is 0 Å². The van der Waals surface area contributed by atoms with E-state index < -0.39 is 11.8 Å². The molecule has 2 unspecified atom stereocenters. The van der Waals surface area contributed by atoms with E-state index in [0.29, 0.717) is 0 Å². The topological polar surface area (TPSA) is 52.6 Å². The lowest BCUT2D eigenvalue weighted by Gasteiger charge is -2.39. The van der Waals surface area contributed by atoms with Gasteiger partial charge in [-0.25, -0.2) is 0 Å². The van der Waals surface area contributed by atoms with Crippen molar-refractivity contribution in [2.45, 2.75) is 41.5 Å². The molecule has 0 aliphatic rings. The summed E-state index contributed by atoms with van der Waals surface area (Å²) in [5, 5.41) is 0. The zero-order valence-corrected chi connectivity index (χ0v) is 12.8. The number of carbonyl (C=O) groups excluding carboxylic acids is 2. The maximum absolute atomic E-state index is 12.0. The normalized spacial score (nSPS) is 15.8. The summed E-state index contributed by atoms with van der Waals surface area (Å²) in [6.07, 6.45) is 0. The van der Waals surface area contributed by atoms with Crippen molar-refractivity contribution in [2.75, 3.05) is 14.2 Å². The van der Waals surface area contributed by atoms with Gasteiger partial charge >= 0.3 is 11.9 Å². The van der Waals surface area contributed by atoms with Gasteiger partial charge in [0.05, 0.1) is 26.1 Å². The van der Waals surface area contributed by atoms with Crippen LogP contribution in [0.25, 0.3) is 0 Å². The third kappa shape index (κ3) is 4.00. The number of hydrogen-bond acceptors (Lipinski definition) is 4. The molecule has 0 fully saturated rings. The SMILES string of the molecule is COC(=O)C(C(C(=O)OC)C(C)(C)C)C(C)(C)C. The van der Waals surface area contributed by atoms with E-state index in [0.717, 1.165) is 0 Å². The molecule has 2 atom stereocenters. The Balaban J connectivity index is 5.65. The van der Waals surface area contributed by atoms with E-state index in [1.54, 1.807) is 0 Å². The largest absolute Gasteiger partial charge is 0.469 e. The van der Waals surface area contributed by atoms with Crippen LogP contribution in [0.4, 0.5) is 0 Å². The summed E-state index contributed by atoms with van der Waals surface area (Å²) in [6.45, 7) is 11.6. The first-order valence-corrected chi connectivity index (χ1v) is 6.12. The number of methoxy groups -OCH3 is 2. The highest BCUT2D eigenvalue weighted by Gasteiger charge is 2.48. The third-order valence-electron chi connectivity index (χ3n) is 3.11. The molecule has 0 saturated carbocycles. The second-order valence-corrected chi connectivity index (χ2v) is 6.73. The molecule has 106 valence electrons. The van der Waals surface area contributed by atoms with E-state index in [-0.39, 0.29) is 22.8 Å². The predicted octanol–water partition coefficient (Wildman–Crippen LogP) is 2.66. The van der Waals surface area contributed by atoms with Crippen LogP contribution in [-0.2, 0) is 19.1 Å². The van der Waals surface area contributed by atoms with Crippen LogP contribution in [0, 0.1) is 22.7 Å². The van der Waals surface area contributed by atoms with Gasteiger partial charge in [0, 0.05) is 0 Å². The molecule has 0 aromatic carbocycles. The van der Waals surface area contributed by atoms with Gasteiger partial charge in [-0.3, -0.25) is 9.59 Å². The molecule has 0 heterocycles. The van der Waals surface area contributed by atoms with E-state index >= 15 is 0 Å². The average Bonchev–Trinajstić information content (AvgIpc) is 2.20. The standard InChI is InChI=1S/C14H26O4/c1-13(2,3)9(11(15)17-7)10(12(16)18-8)14(4,5)6/h9-10H,1-8H3. The molecular formula is C14H26O4. The molecule has 0 aliphatic carbocycles. The van der Waals surface area contributed by atoms with Crippen molar-refractivity contribution in [3.63, 3.8) is 0 Å². The lowest BCUT2D eigenvalue weighted by Crippen LogP contribution is -2.46. The molecule has 18 heavy (non-hydrogen) atoms. The lowest BCUT2D eigenvalue weighted by atomic mass is 9.64. The Kier molecular flexibility index (Phi) is 5.38. The minimum Gasteiger partial charge on any atom is -0.469 e. The molecule has 0 aromatic rings. The summed E-state index contributed by atoms with van der Waals surface area (Å²) >= 11 is 0. The molecule has 4 heteroatoms. The Hall–Kier alpha value is -1.06. The van der Waals surface area contributed by atoms with Gasteiger partial charge in [0.2, 0.25) is 0 Å². The van der Waals surface area contributed by atoms with E-state index in [9.17, 15) is 9.59 Å². The van der Waals surface area contributed by atoms with Gasteiger partial charge in [-0.05, 0) is 10.8 Å². The number of rotatable bonds is 3. The summed E-state index contributed by atoms with van der Waals surface area (Å²) < 4.78 is 9.73. The first kappa shape index (κ1) is 16.9. The summed E-state index contributed by atoms with van der Waals surface area (Å²) in [5.41, 5.74) is -0.752. The summed E-state index contributed by atoms with van der Waals surface area (Å²) in [7, 11) is 2.69. The Labute approximate surface area is 110 Å². The number of hydrogen-bond donors (Lipinski definition) is 0. The first-order chi connectivity index (χ1) is 7.96. The molecule has 0 bridgehead atoms. The van der Waals surface area contributed by atoms with Crippen LogP contribution in [0.3, 0.4) is 0 Å². The zero-order valence-electron chi connectivity index (χ0n) is 12.8. The van der Waals surface area contributed by atoms with E-state index in [1.807, 2.05) is 41.5 Å². The first-order valence-electron chi connectivity index (χ1n) is 6.12. The molecule has 0 spiro atoms. The number of ether oxygens (including phenoxy) is 2. The molecular weight excluding hydrogens is 232 g/mol. The van der Waals surface area contributed by atoms with Gasteiger partial charge in [-0.1, -0.05) is 41.5 Å². The van der Waals surface area contributed by atoms with Crippen molar-refractivity contribution in [1.29, 1.82) is 0 Å². The van der Waals surface area contributed by atoms with Gasteiger partial charge in [-0.15, -0.1) is 0 Å². The minimum atomic E-state index is -0.532. The smallest absolute Gasteiger partial charge is 0.310 e. The van der Waals surface area contributed by atoms with Gasteiger partial charge in [-0.2, -0.15) is 0 Å². The van der Waals surface area contributed by atoms with Crippen molar-refractivity contribution in [2.24, 2.45) is 22.7 Å². The van der Waals surface area contributed by atoms with Crippen LogP contribution in [0.1, 0.15) is 41.5 Å². The fourth-order valence-electron chi connectivity index (χ4n) is 2.23. The highest BCUT2D eigenvalue weighted by atomic mass is 16.5. The lowest BCUT2D eigenvalue weighted by molar-refractivity contribution is -0.167. The Morgan fingerprint density at radius 2 is 0.944 bits per heavy atom. The zero-order chi connectivity index (χ0) is 14.7. The molecule has 0 aliphatic heterocycles. The molecule has 0 radical (unpaired) electrons.